The average Bonchev–Trinajstić information content (AvgIpc) is 2.52. The van der Waals surface area contributed by atoms with Crippen molar-refractivity contribution in [3.63, 3.8) is 0 Å². The highest BCUT2D eigenvalue weighted by atomic mass is 16.5. The molecule has 0 spiro atoms. The Labute approximate surface area is 71.7 Å². The Kier molecular flexibility index (Phi) is 5.69. The van der Waals surface area contributed by atoms with Gasteiger partial charge in [-0.3, -0.25) is 4.79 Å². The molecule has 1 aromatic heterocycles. The molecule has 4 nitrogen and oxygen atoms in total. The Hall–Kier alpha value is -1.32. The van der Waals surface area contributed by atoms with E-state index < -0.39 is 0 Å². The lowest BCUT2D eigenvalue weighted by Crippen LogP contribution is -1.85. The maximum atomic E-state index is 8.58. The number of nitrogens with zero attached hydrogens (tertiary/aromatic N) is 1. The van der Waals surface area contributed by atoms with Crippen LogP contribution in [0.5, 0.6) is 0 Å². The van der Waals surface area contributed by atoms with Crippen LogP contribution in [-0.2, 0) is 17.6 Å². The minimum absolute atomic E-state index is 0.250. The van der Waals surface area contributed by atoms with Crippen molar-refractivity contribution in [2.24, 2.45) is 5.73 Å². The number of aryl methyl sites for hydroxylation is 2. The molecule has 0 fully saturated rings. The van der Waals surface area contributed by atoms with Crippen molar-refractivity contribution in [1.82, 2.24) is 5.16 Å². The Morgan fingerprint density at radius 3 is 2.50 bits per heavy atom. The van der Waals surface area contributed by atoms with E-state index in [1.54, 1.807) is 6.26 Å². The number of carbonyl (C=O) groups excluding carboxylic acids is 1. The Balaban J connectivity index is 0.000000354. The van der Waals surface area contributed by atoms with Gasteiger partial charge in [-0.1, -0.05) is 19.0 Å². The first-order valence-electron chi connectivity index (χ1n) is 3.87. The van der Waals surface area contributed by atoms with Crippen molar-refractivity contribution in [2.45, 2.75) is 26.7 Å². The third-order valence-corrected chi connectivity index (χ3v) is 1.44. The fraction of sp³-hybridized carbons (Fsp3) is 0.500. The first kappa shape index (κ1) is 10.7. The maximum Gasteiger partial charge on any atom is 0.204 e. The van der Waals surface area contributed by atoms with Gasteiger partial charge in [-0.25, -0.2) is 0 Å². The molecule has 0 saturated heterocycles. The lowest BCUT2D eigenvalue weighted by atomic mass is 10.2. The van der Waals surface area contributed by atoms with E-state index in [9.17, 15) is 0 Å². The lowest BCUT2D eigenvalue weighted by Gasteiger charge is -1.88. The molecule has 12 heavy (non-hydrogen) atoms. The van der Waals surface area contributed by atoms with Gasteiger partial charge in [0.1, 0.15) is 6.26 Å². The maximum absolute atomic E-state index is 8.58. The van der Waals surface area contributed by atoms with Crippen LogP contribution < -0.4 is 5.73 Å². The summed E-state index contributed by atoms with van der Waals surface area (Å²) in [6.07, 6.45) is 3.96. The SMILES string of the molecule is CCc1conc1CC.NC=O. The van der Waals surface area contributed by atoms with Crippen LogP contribution in [0.2, 0.25) is 0 Å². The standard InChI is InChI=1S/C7H11NO.CH3NO/c1-3-6-5-9-8-7(6)4-2;2-1-3/h5H,3-4H2,1-2H3;1H,(H2,2,3). The van der Waals surface area contributed by atoms with E-state index in [0.29, 0.717) is 0 Å². The van der Waals surface area contributed by atoms with E-state index in [1.807, 2.05) is 0 Å². The summed E-state index contributed by atoms with van der Waals surface area (Å²) in [5.41, 5.74) is 6.50. The number of hydrogen-bond donors (Lipinski definition) is 1. The van der Waals surface area contributed by atoms with E-state index in [1.165, 1.54) is 5.56 Å². The van der Waals surface area contributed by atoms with E-state index >= 15 is 0 Å². The molecule has 0 saturated carbocycles. The van der Waals surface area contributed by atoms with E-state index in [4.69, 9.17) is 9.32 Å². The number of aromatic nitrogens is 1. The third-order valence-electron chi connectivity index (χ3n) is 1.44. The molecule has 4 heteroatoms. The summed E-state index contributed by atoms with van der Waals surface area (Å²) >= 11 is 0. The Morgan fingerprint density at radius 2 is 2.17 bits per heavy atom. The van der Waals surface area contributed by atoms with E-state index in [0.717, 1.165) is 18.5 Å². The van der Waals surface area contributed by atoms with Gasteiger partial charge in [0.2, 0.25) is 6.41 Å². The van der Waals surface area contributed by atoms with Crippen molar-refractivity contribution in [3.8, 4) is 0 Å². The van der Waals surface area contributed by atoms with Crippen LogP contribution in [0.3, 0.4) is 0 Å². The van der Waals surface area contributed by atoms with Gasteiger partial charge in [0, 0.05) is 5.56 Å². The highest BCUT2D eigenvalue weighted by Crippen LogP contribution is 2.06. The molecule has 1 aromatic rings. The monoisotopic (exact) mass is 170 g/mol. The van der Waals surface area contributed by atoms with Crippen molar-refractivity contribution in [3.05, 3.63) is 17.5 Å². The van der Waals surface area contributed by atoms with Crippen LogP contribution in [0, 0.1) is 0 Å². The normalized spacial score (nSPS) is 8.50. The molecule has 0 radical (unpaired) electrons. The van der Waals surface area contributed by atoms with Crippen LogP contribution >= 0.6 is 0 Å². The summed E-state index contributed by atoms with van der Waals surface area (Å²) in [5, 5.41) is 3.83. The van der Waals surface area contributed by atoms with Crippen LogP contribution in [0.25, 0.3) is 0 Å². The molecular formula is C8H14N2O2. The number of carbonyl (C=O) groups is 1. The average molecular weight is 170 g/mol. The molecule has 0 atom stereocenters. The predicted octanol–water partition coefficient (Wildman–Crippen LogP) is 0.901. The van der Waals surface area contributed by atoms with Crippen LogP contribution in [0.15, 0.2) is 10.8 Å². The van der Waals surface area contributed by atoms with E-state index in [2.05, 4.69) is 24.7 Å². The fourth-order valence-corrected chi connectivity index (χ4v) is 0.859. The summed E-state index contributed by atoms with van der Waals surface area (Å²) in [6.45, 7) is 4.18. The first-order valence-corrected chi connectivity index (χ1v) is 3.87. The number of hydrogen-bond acceptors (Lipinski definition) is 3. The van der Waals surface area contributed by atoms with Gasteiger partial charge in [0.05, 0.1) is 5.69 Å². The number of nitrogens with two attached hydrogens (primary N) is 1. The zero-order valence-corrected chi connectivity index (χ0v) is 7.41. The number of primary amides is 1. The van der Waals surface area contributed by atoms with Crippen LogP contribution in [-0.4, -0.2) is 11.6 Å². The highest BCUT2D eigenvalue weighted by Gasteiger charge is 2.00. The molecular weight excluding hydrogens is 156 g/mol. The van der Waals surface area contributed by atoms with Gasteiger partial charge in [0.15, 0.2) is 0 Å². The fourth-order valence-electron chi connectivity index (χ4n) is 0.859. The predicted molar refractivity (Wildman–Crippen MR) is 45.5 cm³/mol. The largest absolute Gasteiger partial charge is 0.372 e. The molecule has 0 bridgehead atoms. The molecule has 0 aromatic carbocycles. The van der Waals surface area contributed by atoms with Crippen molar-refractivity contribution >= 4 is 6.41 Å². The van der Waals surface area contributed by atoms with Gasteiger partial charge in [-0.05, 0) is 12.8 Å². The summed E-state index contributed by atoms with van der Waals surface area (Å²) in [4.78, 5) is 8.58. The number of amides is 1. The van der Waals surface area contributed by atoms with Crippen molar-refractivity contribution < 1.29 is 9.32 Å². The van der Waals surface area contributed by atoms with Gasteiger partial charge in [0.25, 0.3) is 0 Å². The third kappa shape index (κ3) is 3.18. The van der Waals surface area contributed by atoms with Gasteiger partial charge in [-0.2, -0.15) is 0 Å². The minimum Gasteiger partial charge on any atom is -0.372 e. The molecule has 0 unspecified atom stereocenters. The van der Waals surface area contributed by atoms with Gasteiger partial charge in [-0.15, -0.1) is 0 Å². The van der Waals surface area contributed by atoms with Gasteiger partial charge >= 0.3 is 0 Å². The second-order valence-corrected chi connectivity index (χ2v) is 2.13. The zero-order chi connectivity index (χ0) is 9.40. The van der Waals surface area contributed by atoms with Gasteiger partial charge < -0.3 is 10.3 Å². The Bertz CT molecular complexity index is 202. The molecule has 1 heterocycles. The molecule has 1 rings (SSSR count). The van der Waals surface area contributed by atoms with Crippen LogP contribution in [0.4, 0.5) is 0 Å². The molecule has 0 aliphatic carbocycles. The second kappa shape index (κ2) is 6.39. The molecule has 2 N–H and O–H groups in total. The Morgan fingerprint density at radius 1 is 1.58 bits per heavy atom. The highest BCUT2D eigenvalue weighted by molar-refractivity contribution is 5.42. The zero-order valence-electron chi connectivity index (χ0n) is 7.41. The quantitative estimate of drug-likeness (QED) is 0.670. The summed E-state index contributed by atoms with van der Waals surface area (Å²) in [5.74, 6) is 0. The smallest absolute Gasteiger partial charge is 0.204 e. The molecule has 68 valence electrons. The van der Waals surface area contributed by atoms with E-state index in [-0.39, 0.29) is 6.41 Å². The molecule has 0 aliphatic heterocycles. The lowest BCUT2D eigenvalue weighted by molar-refractivity contribution is -0.106. The van der Waals surface area contributed by atoms with Crippen molar-refractivity contribution in [2.75, 3.05) is 0 Å². The first-order chi connectivity index (χ1) is 5.79. The topological polar surface area (TPSA) is 69.1 Å². The van der Waals surface area contributed by atoms with Crippen LogP contribution in [0.1, 0.15) is 25.1 Å². The molecule has 1 amide bonds. The summed E-state index contributed by atoms with van der Waals surface area (Å²) in [7, 11) is 0. The van der Waals surface area contributed by atoms with Crippen molar-refractivity contribution in [1.29, 1.82) is 0 Å². The number of rotatable bonds is 2. The molecule has 0 aliphatic rings. The second-order valence-electron chi connectivity index (χ2n) is 2.13. The summed E-state index contributed by atoms with van der Waals surface area (Å²) in [6, 6.07) is 0. The minimum atomic E-state index is 0.250. The summed E-state index contributed by atoms with van der Waals surface area (Å²) < 4.78 is 4.78.